The van der Waals surface area contributed by atoms with Gasteiger partial charge in [0.2, 0.25) is 0 Å². The molecule has 8 heteroatoms. The van der Waals surface area contributed by atoms with Crippen molar-refractivity contribution < 1.29 is 19.6 Å². The predicted molar refractivity (Wildman–Crippen MR) is 81.0 cm³/mol. The number of amides is 1. The van der Waals surface area contributed by atoms with Gasteiger partial charge in [0.05, 0.1) is 4.92 Å². The molecule has 0 heterocycles. The van der Waals surface area contributed by atoms with Crippen molar-refractivity contribution in [1.29, 1.82) is 0 Å². The minimum atomic E-state index is -1.08. The fraction of sp³-hybridized carbons (Fsp3) is 0.429. The fourth-order valence-corrected chi connectivity index (χ4v) is 1.97. The molecule has 0 unspecified atom stereocenters. The van der Waals surface area contributed by atoms with Crippen molar-refractivity contribution in [2.75, 3.05) is 12.4 Å². The number of aliphatic carboxylic acids is 1. The van der Waals surface area contributed by atoms with Crippen molar-refractivity contribution in [3.8, 4) is 0 Å². The Morgan fingerprint density at radius 2 is 2.00 bits per heavy atom. The van der Waals surface area contributed by atoms with Gasteiger partial charge in [-0.2, -0.15) is 0 Å². The van der Waals surface area contributed by atoms with Crippen LogP contribution in [0.15, 0.2) is 18.2 Å². The number of rotatable bonds is 7. The van der Waals surface area contributed by atoms with Crippen LogP contribution in [0.3, 0.4) is 0 Å². The molecule has 0 aliphatic carbocycles. The smallest absolute Gasteiger partial charge is 0.326 e. The second-order valence-electron chi connectivity index (χ2n) is 5.23. The van der Waals surface area contributed by atoms with Gasteiger partial charge in [0.25, 0.3) is 11.6 Å². The van der Waals surface area contributed by atoms with E-state index in [1.54, 1.807) is 0 Å². The van der Waals surface area contributed by atoms with Crippen molar-refractivity contribution in [1.82, 2.24) is 5.32 Å². The number of hydrogen-bond donors (Lipinski definition) is 3. The number of carbonyl (C=O) groups excluding carboxylic acids is 1. The second-order valence-corrected chi connectivity index (χ2v) is 5.23. The third-order valence-corrected chi connectivity index (χ3v) is 3.02. The number of nitro benzene ring substituents is 1. The molecule has 0 aliphatic rings. The Kier molecular flexibility index (Phi) is 5.85. The van der Waals surface area contributed by atoms with Crippen LogP contribution in [0, 0.1) is 16.0 Å². The molecule has 1 atom stereocenters. The minimum Gasteiger partial charge on any atom is -0.480 e. The maximum absolute atomic E-state index is 11.5. The number of benzene rings is 1. The van der Waals surface area contributed by atoms with E-state index in [1.165, 1.54) is 19.2 Å². The first kappa shape index (κ1) is 17.4. The highest BCUT2D eigenvalue weighted by molar-refractivity contribution is 5.95. The summed E-state index contributed by atoms with van der Waals surface area (Å²) in [7, 11) is 1.42. The summed E-state index contributed by atoms with van der Waals surface area (Å²) in [6.07, 6.45) is 0.323. The Morgan fingerprint density at radius 3 is 2.45 bits per heavy atom. The number of anilines is 1. The van der Waals surface area contributed by atoms with Crippen LogP contribution in [0.4, 0.5) is 11.4 Å². The van der Waals surface area contributed by atoms with E-state index < -0.39 is 22.8 Å². The summed E-state index contributed by atoms with van der Waals surface area (Å²) in [5.74, 6) is -1.43. The molecule has 0 spiro atoms. The van der Waals surface area contributed by atoms with Gasteiger partial charge >= 0.3 is 5.97 Å². The standard InChI is InChI=1S/C14H19N3O5/c1-8(2)6-11(14(19)20)16-10-5-4-9(13(18)15-3)7-12(10)17(21)22/h4-5,7-8,11,16H,6H2,1-3H3,(H,15,18)(H,19,20)/t11-/m1/s1. The van der Waals surface area contributed by atoms with Crippen LogP contribution in [-0.2, 0) is 4.79 Å². The highest BCUT2D eigenvalue weighted by Gasteiger charge is 2.24. The van der Waals surface area contributed by atoms with Gasteiger partial charge in [0.1, 0.15) is 11.7 Å². The Morgan fingerprint density at radius 1 is 1.36 bits per heavy atom. The number of carbonyl (C=O) groups is 2. The van der Waals surface area contributed by atoms with Crippen LogP contribution in [0.1, 0.15) is 30.6 Å². The van der Waals surface area contributed by atoms with E-state index in [2.05, 4.69) is 10.6 Å². The Labute approximate surface area is 127 Å². The molecular weight excluding hydrogens is 290 g/mol. The number of carboxylic acids is 1. The molecule has 1 aromatic rings. The molecule has 3 N–H and O–H groups in total. The summed E-state index contributed by atoms with van der Waals surface area (Å²) in [6.45, 7) is 3.72. The van der Waals surface area contributed by atoms with Crippen LogP contribution in [-0.4, -0.2) is 35.0 Å². The molecule has 120 valence electrons. The maximum Gasteiger partial charge on any atom is 0.326 e. The van der Waals surface area contributed by atoms with Crippen molar-refractivity contribution >= 4 is 23.3 Å². The first-order valence-electron chi connectivity index (χ1n) is 6.76. The van der Waals surface area contributed by atoms with E-state index in [1.807, 2.05) is 13.8 Å². The van der Waals surface area contributed by atoms with Gasteiger partial charge in [-0.05, 0) is 24.5 Å². The number of nitrogens with one attached hydrogen (secondary N) is 2. The van der Waals surface area contributed by atoms with Gasteiger partial charge in [-0.3, -0.25) is 14.9 Å². The monoisotopic (exact) mass is 309 g/mol. The van der Waals surface area contributed by atoms with Crippen LogP contribution in [0.25, 0.3) is 0 Å². The van der Waals surface area contributed by atoms with E-state index in [4.69, 9.17) is 0 Å². The zero-order valence-electron chi connectivity index (χ0n) is 12.6. The van der Waals surface area contributed by atoms with Crippen molar-refractivity contribution in [3.05, 3.63) is 33.9 Å². The van der Waals surface area contributed by atoms with Gasteiger partial charge in [-0.1, -0.05) is 13.8 Å². The van der Waals surface area contributed by atoms with Crippen molar-refractivity contribution in [2.24, 2.45) is 5.92 Å². The Bertz CT molecular complexity index is 586. The van der Waals surface area contributed by atoms with Crippen LogP contribution in [0.5, 0.6) is 0 Å². The second kappa shape index (κ2) is 7.39. The molecule has 22 heavy (non-hydrogen) atoms. The number of nitro groups is 1. The summed E-state index contributed by atoms with van der Waals surface area (Å²) >= 11 is 0. The summed E-state index contributed by atoms with van der Waals surface area (Å²) in [5, 5.41) is 25.4. The largest absolute Gasteiger partial charge is 0.480 e. The molecule has 0 fully saturated rings. The molecule has 0 saturated carbocycles. The average molecular weight is 309 g/mol. The van der Waals surface area contributed by atoms with Crippen molar-refractivity contribution in [2.45, 2.75) is 26.3 Å². The van der Waals surface area contributed by atoms with Gasteiger partial charge < -0.3 is 15.7 Å². The fourth-order valence-electron chi connectivity index (χ4n) is 1.97. The van der Waals surface area contributed by atoms with Crippen molar-refractivity contribution in [3.63, 3.8) is 0 Å². The number of hydrogen-bond acceptors (Lipinski definition) is 5. The summed E-state index contributed by atoms with van der Waals surface area (Å²) < 4.78 is 0. The molecule has 1 amide bonds. The van der Waals surface area contributed by atoms with Gasteiger partial charge in [0.15, 0.2) is 0 Å². The molecule has 0 radical (unpaired) electrons. The highest BCUT2D eigenvalue weighted by atomic mass is 16.6. The molecule has 1 aromatic carbocycles. The zero-order valence-corrected chi connectivity index (χ0v) is 12.6. The number of carboxylic acid groups (broad SMARTS) is 1. The lowest BCUT2D eigenvalue weighted by Crippen LogP contribution is -2.31. The predicted octanol–water partition coefficient (Wildman–Crippen LogP) is 1.87. The number of nitrogens with zero attached hydrogens (tertiary/aromatic N) is 1. The third-order valence-electron chi connectivity index (χ3n) is 3.02. The first-order valence-corrected chi connectivity index (χ1v) is 6.76. The molecule has 0 aliphatic heterocycles. The zero-order chi connectivity index (χ0) is 16.9. The first-order chi connectivity index (χ1) is 10.3. The quantitative estimate of drug-likeness (QED) is 0.522. The third kappa shape index (κ3) is 4.44. The highest BCUT2D eigenvalue weighted by Crippen LogP contribution is 2.27. The van der Waals surface area contributed by atoms with E-state index in [-0.39, 0.29) is 22.9 Å². The molecule has 0 saturated heterocycles. The van der Waals surface area contributed by atoms with Crippen LogP contribution >= 0.6 is 0 Å². The SMILES string of the molecule is CNC(=O)c1ccc(N[C@H](CC(C)C)C(=O)O)c([N+](=O)[O-])c1. The molecule has 0 bridgehead atoms. The van der Waals surface area contributed by atoms with Gasteiger partial charge in [0, 0.05) is 18.7 Å². The van der Waals surface area contributed by atoms with Gasteiger partial charge in [-0.25, -0.2) is 4.79 Å². The molecule has 1 rings (SSSR count). The van der Waals surface area contributed by atoms with E-state index >= 15 is 0 Å². The summed E-state index contributed by atoms with van der Waals surface area (Å²) in [5.41, 5.74) is -0.128. The van der Waals surface area contributed by atoms with Crippen LogP contribution in [0.2, 0.25) is 0 Å². The summed E-state index contributed by atoms with van der Waals surface area (Å²) in [4.78, 5) is 33.3. The maximum atomic E-state index is 11.5. The van der Waals surface area contributed by atoms with E-state index in [0.717, 1.165) is 6.07 Å². The van der Waals surface area contributed by atoms with E-state index in [0.29, 0.717) is 6.42 Å². The minimum absolute atomic E-state index is 0.0747. The lowest BCUT2D eigenvalue weighted by atomic mass is 10.0. The Hall–Kier alpha value is -2.64. The van der Waals surface area contributed by atoms with E-state index in [9.17, 15) is 24.8 Å². The molecule has 0 aromatic heterocycles. The lowest BCUT2D eigenvalue weighted by Gasteiger charge is -2.17. The summed E-state index contributed by atoms with van der Waals surface area (Å²) in [6, 6.07) is 2.93. The molecule has 8 nitrogen and oxygen atoms in total. The average Bonchev–Trinajstić information content (AvgIpc) is 2.45. The molecular formula is C14H19N3O5. The Balaban J connectivity index is 3.14. The van der Waals surface area contributed by atoms with Crippen LogP contribution < -0.4 is 10.6 Å². The van der Waals surface area contributed by atoms with Gasteiger partial charge in [-0.15, -0.1) is 0 Å². The lowest BCUT2D eigenvalue weighted by molar-refractivity contribution is -0.384. The topological polar surface area (TPSA) is 122 Å². The normalized spacial score (nSPS) is 11.8.